The molecule has 1 aromatic carbocycles. The van der Waals surface area contributed by atoms with Crippen molar-refractivity contribution in [2.45, 2.75) is 6.92 Å². The number of nitrogens with zero attached hydrogens (tertiary/aromatic N) is 2. The van der Waals surface area contributed by atoms with Gasteiger partial charge in [0.25, 0.3) is 0 Å². The van der Waals surface area contributed by atoms with E-state index < -0.39 is 11.8 Å². The highest BCUT2D eigenvalue weighted by atomic mass is 35.5. The lowest BCUT2D eigenvalue weighted by Gasteiger charge is -2.23. The van der Waals surface area contributed by atoms with Gasteiger partial charge in [-0.1, -0.05) is 23.7 Å². The van der Waals surface area contributed by atoms with Crippen LogP contribution in [0, 0.1) is 5.82 Å². The molecule has 1 heterocycles. The van der Waals surface area contributed by atoms with Gasteiger partial charge >= 0.3 is 5.97 Å². The van der Waals surface area contributed by atoms with Crippen molar-refractivity contribution < 1.29 is 14.3 Å². The summed E-state index contributed by atoms with van der Waals surface area (Å²) in [5.41, 5.74) is 0.330. The lowest BCUT2D eigenvalue weighted by Crippen LogP contribution is -2.19. The van der Waals surface area contributed by atoms with Gasteiger partial charge in [0, 0.05) is 6.54 Å². The van der Waals surface area contributed by atoms with Crippen molar-refractivity contribution in [1.82, 2.24) is 4.98 Å². The van der Waals surface area contributed by atoms with Crippen LogP contribution in [0.1, 0.15) is 17.3 Å². The van der Waals surface area contributed by atoms with Crippen LogP contribution in [0.4, 0.5) is 15.9 Å². The molecule has 0 spiro atoms. The van der Waals surface area contributed by atoms with Crippen molar-refractivity contribution in [3.8, 4) is 0 Å². The van der Waals surface area contributed by atoms with Gasteiger partial charge in [-0.15, -0.1) is 0 Å². The monoisotopic (exact) mass is 294 g/mol. The molecule has 104 valence electrons. The number of aromatic nitrogens is 1. The van der Waals surface area contributed by atoms with Gasteiger partial charge in [0.15, 0.2) is 0 Å². The van der Waals surface area contributed by atoms with Crippen LogP contribution in [-0.4, -0.2) is 22.6 Å². The van der Waals surface area contributed by atoms with Crippen LogP contribution in [0.3, 0.4) is 0 Å². The van der Waals surface area contributed by atoms with Gasteiger partial charge in [-0.25, -0.2) is 14.2 Å². The highest BCUT2D eigenvalue weighted by Gasteiger charge is 2.16. The van der Waals surface area contributed by atoms with Gasteiger partial charge in [0.05, 0.1) is 11.3 Å². The first-order chi connectivity index (χ1) is 9.52. The average molecular weight is 295 g/mol. The minimum absolute atomic E-state index is 0.00906. The zero-order valence-electron chi connectivity index (χ0n) is 10.7. The number of anilines is 2. The second-order valence-corrected chi connectivity index (χ2v) is 4.42. The number of rotatable bonds is 4. The van der Waals surface area contributed by atoms with Crippen molar-refractivity contribution in [2.75, 3.05) is 11.4 Å². The SMILES string of the molecule is CCN(c1cc(C(=O)O)cc(Cl)n1)c1ccccc1F. The first-order valence-corrected chi connectivity index (χ1v) is 6.33. The predicted octanol–water partition coefficient (Wildman–Crippen LogP) is 3.73. The number of carboxylic acid groups (broad SMARTS) is 1. The van der Waals surface area contributed by atoms with Crippen LogP contribution in [0.25, 0.3) is 0 Å². The number of para-hydroxylation sites is 1. The number of hydrogen-bond acceptors (Lipinski definition) is 3. The van der Waals surface area contributed by atoms with E-state index in [0.717, 1.165) is 0 Å². The lowest BCUT2D eigenvalue weighted by atomic mass is 10.2. The standard InChI is InChI=1S/C14H12ClFN2O2/c1-2-18(11-6-4-3-5-10(11)16)13-8-9(14(19)20)7-12(15)17-13/h3-8H,2H2,1H3,(H,19,20). The summed E-state index contributed by atoms with van der Waals surface area (Å²) in [4.78, 5) is 16.7. The molecule has 0 unspecified atom stereocenters. The fraction of sp³-hybridized carbons (Fsp3) is 0.143. The Bertz CT molecular complexity index is 649. The zero-order chi connectivity index (χ0) is 14.7. The Hall–Kier alpha value is -2.14. The summed E-state index contributed by atoms with van der Waals surface area (Å²) in [6.45, 7) is 2.24. The van der Waals surface area contributed by atoms with Crippen molar-refractivity contribution in [1.29, 1.82) is 0 Å². The van der Waals surface area contributed by atoms with E-state index in [1.165, 1.54) is 18.2 Å². The number of hydrogen-bond donors (Lipinski definition) is 1. The zero-order valence-corrected chi connectivity index (χ0v) is 11.4. The van der Waals surface area contributed by atoms with E-state index in [1.54, 1.807) is 23.1 Å². The smallest absolute Gasteiger partial charge is 0.335 e. The molecule has 2 rings (SSSR count). The van der Waals surface area contributed by atoms with E-state index >= 15 is 0 Å². The number of carbonyl (C=O) groups is 1. The predicted molar refractivity (Wildman–Crippen MR) is 75.3 cm³/mol. The molecule has 1 N–H and O–H groups in total. The molecule has 2 aromatic rings. The van der Waals surface area contributed by atoms with Gasteiger partial charge in [-0.2, -0.15) is 0 Å². The van der Waals surface area contributed by atoms with Crippen molar-refractivity contribution in [3.05, 3.63) is 52.9 Å². The third kappa shape index (κ3) is 2.88. The molecule has 4 nitrogen and oxygen atoms in total. The fourth-order valence-corrected chi connectivity index (χ4v) is 2.08. The van der Waals surface area contributed by atoms with E-state index in [9.17, 15) is 9.18 Å². The summed E-state index contributed by atoms with van der Waals surface area (Å²) in [5.74, 6) is -1.23. The van der Waals surface area contributed by atoms with Crippen LogP contribution >= 0.6 is 11.6 Å². The van der Waals surface area contributed by atoms with Crippen LogP contribution < -0.4 is 4.90 Å². The maximum atomic E-state index is 13.9. The van der Waals surface area contributed by atoms with E-state index in [0.29, 0.717) is 18.1 Å². The van der Waals surface area contributed by atoms with Gasteiger partial charge < -0.3 is 10.0 Å². The van der Waals surface area contributed by atoms with Crippen molar-refractivity contribution >= 4 is 29.1 Å². The molecule has 0 aliphatic heterocycles. The molecule has 0 radical (unpaired) electrons. The summed E-state index contributed by atoms with van der Waals surface area (Å²) in [7, 11) is 0. The second-order valence-electron chi connectivity index (χ2n) is 4.04. The molecule has 0 saturated carbocycles. The molecular formula is C14H12ClFN2O2. The molecule has 0 bridgehead atoms. The molecule has 0 amide bonds. The number of pyridine rings is 1. The first-order valence-electron chi connectivity index (χ1n) is 5.96. The maximum absolute atomic E-state index is 13.9. The van der Waals surface area contributed by atoms with Crippen LogP contribution in [0.15, 0.2) is 36.4 Å². The van der Waals surface area contributed by atoms with E-state index in [-0.39, 0.29) is 10.7 Å². The Morgan fingerprint density at radius 1 is 1.40 bits per heavy atom. The molecule has 0 aliphatic rings. The Kier molecular flexibility index (Phi) is 4.20. The van der Waals surface area contributed by atoms with E-state index in [4.69, 9.17) is 16.7 Å². The minimum Gasteiger partial charge on any atom is -0.478 e. The Labute approximate surface area is 120 Å². The third-order valence-corrected chi connectivity index (χ3v) is 2.96. The Morgan fingerprint density at radius 2 is 2.10 bits per heavy atom. The molecule has 6 heteroatoms. The quantitative estimate of drug-likeness (QED) is 0.873. The van der Waals surface area contributed by atoms with E-state index in [1.807, 2.05) is 6.92 Å². The number of halogens is 2. The summed E-state index contributed by atoms with van der Waals surface area (Å²) >= 11 is 5.83. The minimum atomic E-state index is -1.11. The second kappa shape index (κ2) is 5.88. The summed E-state index contributed by atoms with van der Waals surface area (Å²) < 4.78 is 13.9. The number of aromatic carboxylic acids is 1. The van der Waals surface area contributed by atoms with Crippen LogP contribution in [0.2, 0.25) is 5.15 Å². The molecule has 0 saturated heterocycles. The molecular weight excluding hydrogens is 283 g/mol. The van der Waals surface area contributed by atoms with Gasteiger partial charge in [0.2, 0.25) is 0 Å². The number of carboxylic acids is 1. The first kappa shape index (κ1) is 14.3. The number of benzene rings is 1. The topological polar surface area (TPSA) is 53.4 Å². The lowest BCUT2D eigenvalue weighted by molar-refractivity contribution is 0.0697. The van der Waals surface area contributed by atoms with Crippen LogP contribution in [0.5, 0.6) is 0 Å². The van der Waals surface area contributed by atoms with Gasteiger partial charge in [-0.05, 0) is 31.2 Å². The summed E-state index contributed by atoms with van der Waals surface area (Å²) in [6.07, 6.45) is 0. The molecule has 20 heavy (non-hydrogen) atoms. The molecule has 0 atom stereocenters. The Morgan fingerprint density at radius 3 is 2.70 bits per heavy atom. The highest BCUT2D eigenvalue weighted by molar-refractivity contribution is 6.29. The van der Waals surface area contributed by atoms with Crippen molar-refractivity contribution in [3.63, 3.8) is 0 Å². The highest BCUT2D eigenvalue weighted by Crippen LogP contribution is 2.28. The van der Waals surface area contributed by atoms with Crippen LogP contribution in [-0.2, 0) is 0 Å². The molecule has 0 fully saturated rings. The molecule has 0 aliphatic carbocycles. The largest absolute Gasteiger partial charge is 0.478 e. The summed E-state index contributed by atoms with van der Waals surface area (Å²) in [6, 6.07) is 8.83. The van der Waals surface area contributed by atoms with Gasteiger partial charge in [-0.3, -0.25) is 0 Å². The van der Waals surface area contributed by atoms with Crippen molar-refractivity contribution in [2.24, 2.45) is 0 Å². The maximum Gasteiger partial charge on any atom is 0.335 e. The average Bonchev–Trinajstić information content (AvgIpc) is 2.41. The summed E-state index contributed by atoms with van der Waals surface area (Å²) in [5, 5.41) is 9.08. The van der Waals surface area contributed by atoms with Gasteiger partial charge in [0.1, 0.15) is 16.8 Å². The van der Waals surface area contributed by atoms with E-state index in [2.05, 4.69) is 4.98 Å². The fourth-order valence-electron chi connectivity index (χ4n) is 1.87. The third-order valence-electron chi connectivity index (χ3n) is 2.76. The normalized spacial score (nSPS) is 10.3. The molecule has 1 aromatic heterocycles. The Balaban J connectivity index is 2.52.